The number of carbonyl (C=O) groups is 1. The van der Waals surface area contributed by atoms with Crippen LogP contribution >= 0.6 is 15.9 Å². The zero-order valence-electron chi connectivity index (χ0n) is 14.2. The smallest absolute Gasteiger partial charge is 0.416 e. The fourth-order valence-electron chi connectivity index (χ4n) is 2.83. The summed E-state index contributed by atoms with van der Waals surface area (Å²) < 4.78 is 44.6. The van der Waals surface area contributed by atoms with Gasteiger partial charge in [-0.3, -0.25) is 4.79 Å². The number of hydrogen-bond acceptors (Lipinski definition) is 4. The fourth-order valence-corrected chi connectivity index (χ4v) is 3.38. The third-order valence-corrected chi connectivity index (χ3v) is 4.65. The molecule has 144 valence electrons. The molecule has 5 nitrogen and oxygen atoms in total. The average Bonchev–Trinajstić information content (AvgIpc) is 3.24. The first-order valence-corrected chi connectivity index (χ1v) is 9.14. The van der Waals surface area contributed by atoms with Crippen LogP contribution < -0.4 is 10.3 Å². The lowest BCUT2D eigenvalue weighted by Gasteiger charge is -2.13. The third-order valence-electron chi connectivity index (χ3n) is 4.08. The van der Waals surface area contributed by atoms with E-state index in [-0.39, 0.29) is 12.0 Å². The SMILES string of the molecule is O=C(Cc1cccc(C(F)(F)F)c1)N/N=C/c1cc(Br)c(N2CCCC2)o1. The molecule has 0 atom stereocenters. The van der Waals surface area contributed by atoms with Crippen LogP contribution in [0.2, 0.25) is 0 Å². The van der Waals surface area contributed by atoms with E-state index in [1.54, 1.807) is 6.07 Å². The first-order chi connectivity index (χ1) is 12.8. The molecule has 0 bridgehead atoms. The van der Waals surface area contributed by atoms with Gasteiger partial charge in [0, 0.05) is 19.2 Å². The van der Waals surface area contributed by atoms with Crippen molar-refractivity contribution in [2.45, 2.75) is 25.4 Å². The Kier molecular flexibility index (Phi) is 5.88. The van der Waals surface area contributed by atoms with Crippen molar-refractivity contribution in [2.75, 3.05) is 18.0 Å². The van der Waals surface area contributed by atoms with Gasteiger partial charge < -0.3 is 9.32 Å². The molecule has 0 radical (unpaired) electrons. The summed E-state index contributed by atoms with van der Waals surface area (Å²) in [7, 11) is 0. The number of anilines is 1. The van der Waals surface area contributed by atoms with Crippen LogP contribution in [0.15, 0.2) is 44.3 Å². The van der Waals surface area contributed by atoms with E-state index in [1.807, 2.05) is 0 Å². The van der Waals surface area contributed by atoms with Gasteiger partial charge in [0.2, 0.25) is 11.8 Å². The van der Waals surface area contributed by atoms with Crippen molar-refractivity contribution in [1.82, 2.24) is 5.43 Å². The van der Waals surface area contributed by atoms with Crippen LogP contribution in [-0.2, 0) is 17.4 Å². The number of furan rings is 1. The Labute approximate surface area is 162 Å². The number of rotatable bonds is 5. The van der Waals surface area contributed by atoms with E-state index >= 15 is 0 Å². The van der Waals surface area contributed by atoms with Crippen LogP contribution in [0.25, 0.3) is 0 Å². The van der Waals surface area contributed by atoms with Gasteiger partial charge in [-0.25, -0.2) is 5.43 Å². The monoisotopic (exact) mass is 443 g/mol. The molecule has 1 aromatic heterocycles. The highest BCUT2D eigenvalue weighted by Gasteiger charge is 2.30. The molecule has 1 aliphatic heterocycles. The van der Waals surface area contributed by atoms with Crippen molar-refractivity contribution in [2.24, 2.45) is 5.10 Å². The second kappa shape index (κ2) is 8.16. The highest BCUT2D eigenvalue weighted by Crippen LogP contribution is 2.32. The van der Waals surface area contributed by atoms with E-state index in [4.69, 9.17) is 4.42 Å². The number of nitrogens with one attached hydrogen (secondary N) is 1. The number of hydrazone groups is 1. The third kappa shape index (κ3) is 5.12. The summed E-state index contributed by atoms with van der Waals surface area (Å²) in [6.45, 7) is 1.85. The zero-order valence-corrected chi connectivity index (χ0v) is 15.8. The number of amides is 1. The molecular formula is C18H17BrF3N3O2. The van der Waals surface area contributed by atoms with Gasteiger partial charge in [0.1, 0.15) is 0 Å². The summed E-state index contributed by atoms with van der Waals surface area (Å²) in [6, 6.07) is 6.40. The highest BCUT2D eigenvalue weighted by atomic mass is 79.9. The Bertz CT molecular complexity index is 843. The average molecular weight is 444 g/mol. The maximum atomic E-state index is 12.7. The Morgan fingerprint density at radius 1 is 1.30 bits per heavy atom. The Balaban J connectivity index is 1.57. The first-order valence-electron chi connectivity index (χ1n) is 8.35. The lowest BCUT2D eigenvalue weighted by Crippen LogP contribution is -2.20. The second-order valence-electron chi connectivity index (χ2n) is 6.16. The molecule has 2 aromatic rings. The minimum atomic E-state index is -4.44. The van der Waals surface area contributed by atoms with E-state index in [9.17, 15) is 18.0 Å². The molecule has 9 heteroatoms. The predicted octanol–water partition coefficient (Wildman–Crippen LogP) is 4.35. The normalized spacial score (nSPS) is 14.9. The number of carbonyl (C=O) groups excluding carboxylic acids is 1. The van der Waals surface area contributed by atoms with Crippen LogP contribution in [0.3, 0.4) is 0 Å². The minimum absolute atomic E-state index is 0.206. The molecule has 1 aliphatic rings. The highest BCUT2D eigenvalue weighted by molar-refractivity contribution is 9.10. The van der Waals surface area contributed by atoms with Crippen LogP contribution in [0.1, 0.15) is 29.7 Å². The van der Waals surface area contributed by atoms with Crippen molar-refractivity contribution in [1.29, 1.82) is 0 Å². The summed E-state index contributed by atoms with van der Waals surface area (Å²) in [6.07, 6.45) is -1.06. The van der Waals surface area contributed by atoms with Crippen molar-refractivity contribution < 1.29 is 22.4 Å². The summed E-state index contributed by atoms with van der Waals surface area (Å²) >= 11 is 3.44. The lowest BCUT2D eigenvalue weighted by molar-refractivity contribution is -0.137. The first kappa shape index (κ1) is 19.5. The van der Waals surface area contributed by atoms with E-state index in [0.717, 1.165) is 48.4 Å². The van der Waals surface area contributed by atoms with Crippen LogP contribution in [0.4, 0.5) is 19.1 Å². The molecule has 1 amide bonds. The quantitative estimate of drug-likeness (QED) is 0.551. The van der Waals surface area contributed by atoms with Gasteiger partial charge in [0.25, 0.3) is 0 Å². The Morgan fingerprint density at radius 2 is 2.04 bits per heavy atom. The summed E-state index contributed by atoms with van der Waals surface area (Å²) in [5, 5.41) is 3.81. The number of nitrogens with zero attached hydrogens (tertiary/aromatic N) is 2. The van der Waals surface area contributed by atoms with Crippen molar-refractivity contribution >= 4 is 33.9 Å². The fraction of sp³-hybridized carbons (Fsp3) is 0.333. The van der Waals surface area contributed by atoms with Crippen molar-refractivity contribution in [3.8, 4) is 0 Å². The maximum Gasteiger partial charge on any atom is 0.416 e. The van der Waals surface area contributed by atoms with Gasteiger partial charge in [-0.05, 0) is 40.4 Å². The van der Waals surface area contributed by atoms with Crippen LogP contribution in [-0.4, -0.2) is 25.2 Å². The number of hydrogen-bond donors (Lipinski definition) is 1. The molecule has 0 spiro atoms. The van der Waals surface area contributed by atoms with Gasteiger partial charge in [-0.15, -0.1) is 0 Å². The number of halogens is 4. The molecule has 2 heterocycles. The van der Waals surface area contributed by atoms with E-state index < -0.39 is 17.6 Å². The van der Waals surface area contributed by atoms with Crippen LogP contribution in [0.5, 0.6) is 0 Å². The lowest BCUT2D eigenvalue weighted by atomic mass is 10.1. The van der Waals surface area contributed by atoms with Gasteiger partial charge in [0.05, 0.1) is 22.7 Å². The maximum absolute atomic E-state index is 12.7. The predicted molar refractivity (Wildman–Crippen MR) is 98.7 cm³/mol. The molecule has 0 saturated carbocycles. The topological polar surface area (TPSA) is 57.8 Å². The van der Waals surface area contributed by atoms with Gasteiger partial charge >= 0.3 is 6.18 Å². The Hall–Kier alpha value is -2.29. The Morgan fingerprint density at radius 3 is 2.74 bits per heavy atom. The van der Waals surface area contributed by atoms with Gasteiger partial charge in [-0.2, -0.15) is 18.3 Å². The summed E-state index contributed by atoms with van der Waals surface area (Å²) in [4.78, 5) is 14.0. The molecule has 27 heavy (non-hydrogen) atoms. The van der Waals surface area contributed by atoms with Gasteiger partial charge in [0.15, 0.2) is 5.76 Å². The molecule has 1 fully saturated rings. The second-order valence-corrected chi connectivity index (χ2v) is 7.02. The van der Waals surface area contributed by atoms with Crippen LogP contribution in [0, 0.1) is 0 Å². The molecule has 1 aromatic carbocycles. The standard InChI is InChI=1S/C18H17BrF3N3O2/c19-15-10-14(27-17(15)25-6-1-2-7-25)11-23-24-16(26)9-12-4-3-5-13(8-12)18(20,21)22/h3-5,8,10-11H,1-2,6-7,9H2,(H,24,26)/b23-11+. The van der Waals surface area contributed by atoms with E-state index in [2.05, 4.69) is 31.4 Å². The summed E-state index contributed by atoms with van der Waals surface area (Å²) in [5.74, 6) is 0.670. The van der Waals surface area contributed by atoms with E-state index in [1.165, 1.54) is 18.3 Å². The van der Waals surface area contributed by atoms with Crippen molar-refractivity contribution in [3.63, 3.8) is 0 Å². The molecular weight excluding hydrogens is 427 g/mol. The zero-order chi connectivity index (χ0) is 19.4. The van der Waals surface area contributed by atoms with Gasteiger partial charge in [-0.1, -0.05) is 18.2 Å². The molecule has 1 saturated heterocycles. The van der Waals surface area contributed by atoms with E-state index in [0.29, 0.717) is 5.76 Å². The molecule has 0 aliphatic carbocycles. The number of alkyl halides is 3. The largest absolute Gasteiger partial charge is 0.438 e. The molecule has 1 N–H and O–H groups in total. The number of benzene rings is 1. The molecule has 3 rings (SSSR count). The van der Waals surface area contributed by atoms with Crippen molar-refractivity contribution in [3.05, 3.63) is 51.7 Å². The molecule has 0 unspecified atom stereocenters. The minimum Gasteiger partial charge on any atom is -0.438 e. The summed E-state index contributed by atoms with van der Waals surface area (Å²) in [5.41, 5.74) is 1.77.